The van der Waals surface area contributed by atoms with Crippen molar-refractivity contribution in [3.63, 3.8) is 0 Å². The number of hydrogen-bond donors (Lipinski definition) is 0. The van der Waals surface area contributed by atoms with Gasteiger partial charge in [0.15, 0.2) is 0 Å². The topological polar surface area (TPSA) is 17.8 Å². The lowest BCUT2D eigenvalue weighted by Gasteiger charge is -2.14. The molecule has 0 aliphatic rings. The predicted molar refractivity (Wildman–Crippen MR) is 89.6 cm³/mol. The summed E-state index contributed by atoms with van der Waals surface area (Å²) >= 11 is 6.00. The Hall–Kier alpha value is -1.80. The Morgan fingerprint density at radius 2 is 1.81 bits per heavy atom. The van der Waals surface area contributed by atoms with Crippen molar-refractivity contribution in [3.05, 3.63) is 53.6 Å². The van der Waals surface area contributed by atoms with Gasteiger partial charge in [-0.3, -0.25) is 0 Å². The molecule has 21 heavy (non-hydrogen) atoms. The van der Waals surface area contributed by atoms with Crippen molar-refractivity contribution < 1.29 is 0 Å². The maximum Gasteiger partial charge on any atom is 0.141 e. The van der Waals surface area contributed by atoms with Gasteiger partial charge in [-0.1, -0.05) is 44.0 Å². The normalized spacial score (nSPS) is 12.7. The standard InChI is InChI=1S/C18H19ClN2/c1-3-13(2)12-21-17-7-5-4-6-16(17)20-18(21)14-8-10-15(19)11-9-14/h4-11,13H,3,12H2,1-2H3. The predicted octanol–water partition coefficient (Wildman–Crippen LogP) is 5.40. The Balaban J connectivity index is 2.16. The third-order valence-corrected chi connectivity index (χ3v) is 4.20. The van der Waals surface area contributed by atoms with E-state index in [4.69, 9.17) is 16.6 Å². The molecule has 0 N–H and O–H groups in total. The summed E-state index contributed by atoms with van der Waals surface area (Å²) in [6.45, 7) is 5.49. The van der Waals surface area contributed by atoms with E-state index >= 15 is 0 Å². The van der Waals surface area contributed by atoms with Gasteiger partial charge >= 0.3 is 0 Å². The third kappa shape index (κ3) is 2.81. The monoisotopic (exact) mass is 298 g/mol. The van der Waals surface area contributed by atoms with Gasteiger partial charge in [0.2, 0.25) is 0 Å². The molecule has 1 atom stereocenters. The molecule has 1 unspecified atom stereocenters. The van der Waals surface area contributed by atoms with Crippen LogP contribution >= 0.6 is 11.6 Å². The molecular formula is C18H19ClN2. The molecule has 2 nitrogen and oxygen atoms in total. The first-order valence-corrected chi connectivity index (χ1v) is 7.78. The molecule has 0 aliphatic carbocycles. The van der Waals surface area contributed by atoms with Gasteiger partial charge in [-0.05, 0) is 42.3 Å². The van der Waals surface area contributed by atoms with E-state index in [0.717, 1.165) is 34.9 Å². The lowest BCUT2D eigenvalue weighted by molar-refractivity contribution is 0.479. The average molecular weight is 299 g/mol. The van der Waals surface area contributed by atoms with Crippen LogP contribution in [0.3, 0.4) is 0 Å². The summed E-state index contributed by atoms with van der Waals surface area (Å²) in [4.78, 5) is 4.82. The van der Waals surface area contributed by atoms with E-state index in [2.05, 4.69) is 36.6 Å². The first-order chi connectivity index (χ1) is 10.2. The fourth-order valence-corrected chi connectivity index (χ4v) is 2.65. The van der Waals surface area contributed by atoms with Crippen LogP contribution in [0.2, 0.25) is 5.02 Å². The zero-order chi connectivity index (χ0) is 14.8. The lowest BCUT2D eigenvalue weighted by Crippen LogP contribution is -2.08. The van der Waals surface area contributed by atoms with Gasteiger partial charge in [0.05, 0.1) is 11.0 Å². The number of fused-ring (bicyclic) bond motifs is 1. The number of nitrogens with zero attached hydrogens (tertiary/aromatic N) is 2. The van der Waals surface area contributed by atoms with E-state index in [-0.39, 0.29) is 0 Å². The quantitative estimate of drug-likeness (QED) is 0.630. The summed E-state index contributed by atoms with van der Waals surface area (Å²) in [7, 11) is 0. The Labute approximate surface area is 130 Å². The van der Waals surface area contributed by atoms with Crippen LogP contribution in [0, 0.1) is 5.92 Å². The van der Waals surface area contributed by atoms with Crippen molar-refractivity contribution in [2.75, 3.05) is 0 Å². The number of hydrogen-bond acceptors (Lipinski definition) is 1. The molecule has 0 fully saturated rings. The van der Waals surface area contributed by atoms with Crippen molar-refractivity contribution in [3.8, 4) is 11.4 Å². The van der Waals surface area contributed by atoms with Gasteiger partial charge in [-0.15, -0.1) is 0 Å². The van der Waals surface area contributed by atoms with E-state index in [9.17, 15) is 0 Å². The van der Waals surface area contributed by atoms with Crippen molar-refractivity contribution >= 4 is 22.6 Å². The molecule has 0 radical (unpaired) electrons. The maximum atomic E-state index is 6.00. The van der Waals surface area contributed by atoms with E-state index in [0.29, 0.717) is 5.92 Å². The molecular weight excluding hydrogens is 280 g/mol. The molecule has 3 heteroatoms. The minimum absolute atomic E-state index is 0.619. The molecule has 3 aromatic rings. The van der Waals surface area contributed by atoms with Crippen LogP contribution in [-0.2, 0) is 6.54 Å². The molecule has 1 heterocycles. The Morgan fingerprint density at radius 3 is 2.52 bits per heavy atom. The highest BCUT2D eigenvalue weighted by atomic mass is 35.5. The van der Waals surface area contributed by atoms with Crippen LogP contribution in [0.4, 0.5) is 0 Å². The van der Waals surface area contributed by atoms with Crippen LogP contribution in [0.25, 0.3) is 22.4 Å². The number of halogens is 1. The molecule has 0 aliphatic heterocycles. The van der Waals surface area contributed by atoms with E-state index < -0.39 is 0 Å². The first kappa shape index (κ1) is 14.2. The third-order valence-electron chi connectivity index (χ3n) is 3.95. The summed E-state index contributed by atoms with van der Waals surface area (Å²) in [6.07, 6.45) is 1.16. The maximum absolute atomic E-state index is 6.00. The van der Waals surface area contributed by atoms with Crippen molar-refractivity contribution in [1.29, 1.82) is 0 Å². The molecule has 3 rings (SSSR count). The zero-order valence-electron chi connectivity index (χ0n) is 12.4. The first-order valence-electron chi connectivity index (χ1n) is 7.40. The van der Waals surface area contributed by atoms with Crippen LogP contribution < -0.4 is 0 Å². The summed E-state index contributed by atoms with van der Waals surface area (Å²) in [5.74, 6) is 1.64. The van der Waals surface area contributed by atoms with E-state index in [1.54, 1.807) is 0 Å². The molecule has 0 saturated carbocycles. The van der Waals surface area contributed by atoms with Gasteiger partial charge in [-0.2, -0.15) is 0 Å². The van der Waals surface area contributed by atoms with Crippen molar-refractivity contribution in [1.82, 2.24) is 9.55 Å². The van der Waals surface area contributed by atoms with Crippen LogP contribution in [0.5, 0.6) is 0 Å². The molecule has 0 amide bonds. The summed E-state index contributed by atoms with van der Waals surface area (Å²) < 4.78 is 2.33. The molecule has 1 aromatic heterocycles. The fourth-order valence-electron chi connectivity index (χ4n) is 2.52. The SMILES string of the molecule is CCC(C)Cn1c(-c2ccc(Cl)cc2)nc2ccccc21. The second-order valence-electron chi connectivity index (χ2n) is 5.56. The molecule has 0 spiro atoms. The van der Waals surface area contributed by atoms with Gasteiger partial charge in [0.25, 0.3) is 0 Å². The fraction of sp³-hybridized carbons (Fsp3) is 0.278. The van der Waals surface area contributed by atoms with Gasteiger partial charge in [0.1, 0.15) is 5.82 Å². The number of para-hydroxylation sites is 2. The Kier molecular flexibility index (Phi) is 3.98. The largest absolute Gasteiger partial charge is 0.324 e. The van der Waals surface area contributed by atoms with Crippen molar-refractivity contribution in [2.45, 2.75) is 26.8 Å². The molecule has 108 valence electrons. The summed E-state index contributed by atoms with van der Waals surface area (Å²) in [5.41, 5.74) is 3.35. The number of aromatic nitrogens is 2. The number of benzene rings is 2. The van der Waals surface area contributed by atoms with Gasteiger partial charge in [0, 0.05) is 17.1 Å². The molecule has 0 bridgehead atoms. The minimum atomic E-state index is 0.619. The van der Waals surface area contributed by atoms with Crippen molar-refractivity contribution in [2.24, 2.45) is 5.92 Å². The zero-order valence-corrected chi connectivity index (χ0v) is 13.1. The molecule has 2 aromatic carbocycles. The van der Waals surface area contributed by atoms with Gasteiger partial charge in [-0.25, -0.2) is 4.98 Å². The Morgan fingerprint density at radius 1 is 1.10 bits per heavy atom. The minimum Gasteiger partial charge on any atom is -0.324 e. The highest BCUT2D eigenvalue weighted by Gasteiger charge is 2.13. The average Bonchev–Trinajstić information content (AvgIpc) is 2.87. The number of rotatable bonds is 4. The smallest absolute Gasteiger partial charge is 0.141 e. The summed E-state index contributed by atoms with van der Waals surface area (Å²) in [5, 5.41) is 0.753. The Bertz CT molecular complexity index is 744. The van der Waals surface area contributed by atoms with E-state index in [1.165, 1.54) is 5.52 Å². The van der Waals surface area contributed by atoms with Crippen LogP contribution in [-0.4, -0.2) is 9.55 Å². The van der Waals surface area contributed by atoms with E-state index in [1.807, 2.05) is 30.3 Å². The lowest BCUT2D eigenvalue weighted by atomic mass is 10.1. The summed E-state index contributed by atoms with van der Waals surface area (Å²) in [6, 6.07) is 16.2. The highest BCUT2D eigenvalue weighted by molar-refractivity contribution is 6.30. The second-order valence-corrected chi connectivity index (χ2v) is 5.99. The number of imidazole rings is 1. The van der Waals surface area contributed by atoms with Gasteiger partial charge < -0.3 is 4.57 Å². The second kappa shape index (κ2) is 5.90. The van der Waals surface area contributed by atoms with Crippen LogP contribution in [0.15, 0.2) is 48.5 Å². The highest BCUT2D eigenvalue weighted by Crippen LogP contribution is 2.27. The van der Waals surface area contributed by atoms with Crippen LogP contribution in [0.1, 0.15) is 20.3 Å². The molecule has 0 saturated heterocycles.